The number of aryl methyl sites for hydroxylation is 2. The van der Waals surface area contributed by atoms with E-state index in [9.17, 15) is 0 Å². The predicted octanol–water partition coefficient (Wildman–Crippen LogP) is 2.09. The lowest BCUT2D eigenvalue weighted by Gasteiger charge is -2.16. The van der Waals surface area contributed by atoms with Crippen LogP contribution in [-0.4, -0.2) is 27.8 Å². The lowest BCUT2D eigenvalue weighted by molar-refractivity contribution is 0.305. The minimum Gasteiger partial charge on any atom is -0.285 e. The number of hydrogen-bond donors (Lipinski definition) is 0. The summed E-state index contributed by atoms with van der Waals surface area (Å²) in [6, 6.07) is 2.18. The molecule has 1 heterocycles. The van der Waals surface area contributed by atoms with E-state index in [4.69, 9.17) is 5.26 Å². The average Bonchev–Trinajstić information content (AvgIpc) is 2.55. The van der Waals surface area contributed by atoms with Gasteiger partial charge in [-0.2, -0.15) is 10.4 Å². The summed E-state index contributed by atoms with van der Waals surface area (Å²) in [5.41, 5.74) is 2.21. The zero-order valence-electron chi connectivity index (χ0n) is 10.00. The van der Waals surface area contributed by atoms with Crippen LogP contribution in [0.3, 0.4) is 0 Å². The molecule has 0 aliphatic carbocycles. The van der Waals surface area contributed by atoms with Crippen LogP contribution < -0.4 is 0 Å². The number of rotatable bonds is 5. The van der Waals surface area contributed by atoms with Gasteiger partial charge in [0, 0.05) is 13.6 Å². The van der Waals surface area contributed by atoms with Crippen molar-refractivity contribution in [3.8, 4) is 6.07 Å². The Labute approximate surface area is 105 Å². The summed E-state index contributed by atoms with van der Waals surface area (Å²) in [6.07, 6.45) is 0.915. The highest BCUT2D eigenvalue weighted by Gasteiger charge is 2.14. The Hall–Kier alpha value is -0.860. The first kappa shape index (κ1) is 13.2. The average molecular weight is 285 g/mol. The van der Waals surface area contributed by atoms with E-state index in [2.05, 4.69) is 45.8 Å². The SMILES string of the molecule is CCc1nn(C)c(CN(CC)CC#N)c1Br. The molecule has 0 aliphatic heterocycles. The van der Waals surface area contributed by atoms with E-state index in [1.807, 2.05) is 11.7 Å². The lowest BCUT2D eigenvalue weighted by atomic mass is 10.3. The van der Waals surface area contributed by atoms with Crippen LogP contribution in [-0.2, 0) is 20.0 Å². The zero-order valence-corrected chi connectivity index (χ0v) is 11.6. The van der Waals surface area contributed by atoms with Gasteiger partial charge in [-0.25, -0.2) is 0 Å². The largest absolute Gasteiger partial charge is 0.285 e. The van der Waals surface area contributed by atoms with Gasteiger partial charge in [0.15, 0.2) is 0 Å². The second kappa shape index (κ2) is 6.02. The first-order chi connectivity index (χ1) is 7.63. The van der Waals surface area contributed by atoms with E-state index in [0.29, 0.717) is 6.54 Å². The van der Waals surface area contributed by atoms with Crippen LogP contribution in [0, 0.1) is 11.3 Å². The van der Waals surface area contributed by atoms with Crippen molar-refractivity contribution >= 4 is 15.9 Å². The molecule has 1 rings (SSSR count). The fourth-order valence-corrected chi connectivity index (χ4v) is 2.32. The molecule has 0 bridgehead atoms. The van der Waals surface area contributed by atoms with Crippen LogP contribution >= 0.6 is 15.9 Å². The smallest absolute Gasteiger partial charge is 0.0869 e. The molecule has 0 radical (unpaired) electrons. The molecule has 1 aromatic rings. The summed E-state index contributed by atoms with van der Waals surface area (Å²) in [5, 5.41) is 13.1. The molecular formula is C11H17BrN4. The van der Waals surface area contributed by atoms with Crippen molar-refractivity contribution in [2.45, 2.75) is 26.8 Å². The molecule has 1 aromatic heterocycles. The Bertz CT molecular complexity index is 391. The van der Waals surface area contributed by atoms with Crippen molar-refractivity contribution in [1.29, 1.82) is 5.26 Å². The third-order valence-electron chi connectivity index (χ3n) is 2.62. The van der Waals surface area contributed by atoms with Crippen molar-refractivity contribution in [3.05, 3.63) is 15.9 Å². The standard InChI is InChI=1S/C11H17BrN4/c1-4-9-11(12)10(15(3)14-9)8-16(5-2)7-6-13/h4-5,7-8H2,1-3H3. The normalized spacial score (nSPS) is 10.8. The first-order valence-corrected chi connectivity index (χ1v) is 6.22. The predicted molar refractivity (Wildman–Crippen MR) is 66.9 cm³/mol. The fourth-order valence-electron chi connectivity index (χ4n) is 1.58. The molecule has 0 saturated heterocycles. The maximum atomic E-state index is 8.71. The number of aromatic nitrogens is 2. The molecule has 0 unspecified atom stereocenters. The highest BCUT2D eigenvalue weighted by atomic mass is 79.9. The molecule has 0 fully saturated rings. The third kappa shape index (κ3) is 2.83. The van der Waals surface area contributed by atoms with Crippen LogP contribution in [0.1, 0.15) is 25.2 Å². The van der Waals surface area contributed by atoms with E-state index >= 15 is 0 Å². The quantitative estimate of drug-likeness (QED) is 0.778. The number of hydrogen-bond acceptors (Lipinski definition) is 3. The molecule has 16 heavy (non-hydrogen) atoms. The van der Waals surface area contributed by atoms with Gasteiger partial charge < -0.3 is 0 Å². The summed E-state index contributed by atoms with van der Waals surface area (Å²) in [4.78, 5) is 2.08. The van der Waals surface area contributed by atoms with E-state index in [0.717, 1.165) is 35.4 Å². The third-order valence-corrected chi connectivity index (χ3v) is 3.53. The molecule has 0 aromatic carbocycles. The molecular weight excluding hydrogens is 268 g/mol. The lowest BCUT2D eigenvalue weighted by Crippen LogP contribution is -2.24. The summed E-state index contributed by atoms with van der Waals surface area (Å²) in [7, 11) is 1.94. The van der Waals surface area contributed by atoms with E-state index in [1.54, 1.807) is 0 Å². The highest BCUT2D eigenvalue weighted by Crippen LogP contribution is 2.22. The van der Waals surface area contributed by atoms with Gasteiger partial charge in [-0.3, -0.25) is 9.58 Å². The molecule has 5 heteroatoms. The molecule has 0 atom stereocenters. The summed E-state index contributed by atoms with van der Waals surface area (Å²) < 4.78 is 2.97. The van der Waals surface area contributed by atoms with Crippen molar-refractivity contribution < 1.29 is 0 Å². The van der Waals surface area contributed by atoms with Crippen LogP contribution in [0.15, 0.2) is 4.47 Å². The van der Waals surface area contributed by atoms with Gasteiger partial charge in [-0.1, -0.05) is 13.8 Å². The van der Waals surface area contributed by atoms with Gasteiger partial charge in [0.25, 0.3) is 0 Å². The molecule has 0 N–H and O–H groups in total. The summed E-state index contributed by atoms with van der Waals surface area (Å²) in [6.45, 7) is 6.22. The van der Waals surface area contributed by atoms with Gasteiger partial charge in [-0.05, 0) is 28.9 Å². The van der Waals surface area contributed by atoms with Gasteiger partial charge in [-0.15, -0.1) is 0 Å². The van der Waals surface area contributed by atoms with Gasteiger partial charge in [0.2, 0.25) is 0 Å². The molecule has 0 spiro atoms. The number of nitrogens with zero attached hydrogens (tertiary/aromatic N) is 4. The minimum atomic E-state index is 0.454. The highest BCUT2D eigenvalue weighted by molar-refractivity contribution is 9.10. The van der Waals surface area contributed by atoms with Gasteiger partial charge in [0.05, 0.1) is 28.5 Å². The minimum absolute atomic E-state index is 0.454. The van der Waals surface area contributed by atoms with Crippen molar-refractivity contribution in [2.75, 3.05) is 13.1 Å². The maximum Gasteiger partial charge on any atom is 0.0869 e. The summed E-state index contributed by atoms with van der Waals surface area (Å²) >= 11 is 3.58. The Morgan fingerprint density at radius 3 is 2.62 bits per heavy atom. The van der Waals surface area contributed by atoms with E-state index < -0.39 is 0 Å². The molecule has 0 aliphatic rings. The van der Waals surface area contributed by atoms with E-state index in [1.165, 1.54) is 0 Å². The molecule has 0 amide bonds. The maximum absolute atomic E-state index is 8.71. The fraction of sp³-hybridized carbons (Fsp3) is 0.636. The van der Waals surface area contributed by atoms with Crippen molar-refractivity contribution in [3.63, 3.8) is 0 Å². The second-order valence-corrected chi connectivity index (χ2v) is 4.44. The monoisotopic (exact) mass is 284 g/mol. The van der Waals surface area contributed by atoms with E-state index in [-0.39, 0.29) is 0 Å². The number of nitriles is 1. The van der Waals surface area contributed by atoms with Crippen LogP contribution in [0.2, 0.25) is 0 Å². The van der Waals surface area contributed by atoms with Crippen LogP contribution in [0.25, 0.3) is 0 Å². The Morgan fingerprint density at radius 2 is 2.19 bits per heavy atom. The topological polar surface area (TPSA) is 44.9 Å². The Morgan fingerprint density at radius 1 is 1.50 bits per heavy atom. The second-order valence-electron chi connectivity index (χ2n) is 3.65. The summed E-state index contributed by atoms with van der Waals surface area (Å²) in [5.74, 6) is 0. The van der Waals surface area contributed by atoms with Crippen LogP contribution in [0.4, 0.5) is 0 Å². The molecule has 4 nitrogen and oxygen atoms in total. The van der Waals surface area contributed by atoms with Gasteiger partial charge >= 0.3 is 0 Å². The van der Waals surface area contributed by atoms with Crippen molar-refractivity contribution in [1.82, 2.24) is 14.7 Å². The first-order valence-electron chi connectivity index (χ1n) is 5.43. The Balaban J connectivity index is 2.88. The molecule has 0 saturated carbocycles. The molecule has 88 valence electrons. The van der Waals surface area contributed by atoms with Crippen molar-refractivity contribution in [2.24, 2.45) is 7.05 Å². The van der Waals surface area contributed by atoms with Gasteiger partial charge in [0.1, 0.15) is 0 Å². The van der Waals surface area contributed by atoms with Crippen LogP contribution in [0.5, 0.6) is 0 Å². The number of halogens is 1. The zero-order chi connectivity index (χ0) is 12.1. The Kier molecular flexibility index (Phi) is 4.97.